The van der Waals surface area contributed by atoms with Gasteiger partial charge in [0.2, 0.25) is 0 Å². The third-order valence-electron chi connectivity index (χ3n) is 5.14. The molecule has 2 N–H and O–H groups in total. The van der Waals surface area contributed by atoms with Crippen LogP contribution in [0.4, 0.5) is 10.7 Å². The number of nitro benzene ring substituents is 1. The molecule has 8 nitrogen and oxygen atoms in total. The summed E-state index contributed by atoms with van der Waals surface area (Å²) in [5.41, 5.74) is 2.60. The first kappa shape index (κ1) is 20.7. The number of rotatable bonds is 6. The van der Waals surface area contributed by atoms with Crippen LogP contribution in [-0.4, -0.2) is 21.7 Å². The molecule has 31 heavy (non-hydrogen) atoms. The lowest BCUT2D eigenvalue weighted by Gasteiger charge is -2.13. The molecule has 0 bridgehead atoms. The molecule has 0 spiro atoms. The van der Waals surface area contributed by atoms with Crippen molar-refractivity contribution >= 4 is 33.8 Å². The molecule has 2 amide bonds. The van der Waals surface area contributed by atoms with Gasteiger partial charge in [-0.05, 0) is 55.0 Å². The first-order valence-corrected chi connectivity index (χ1v) is 10.7. The highest BCUT2D eigenvalue weighted by Crippen LogP contribution is 2.38. The van der Waals surface area contributed by atoms with Gasteiger partial charge in [0.25, 0.3) is 17.5 Å². The lowest BCUT2D eigenvalue weighted by Crippen LogP contribution is -2.25. The SMILES string of the molecule is O=C(Nc1sc2c(c1C(=O)NCc1cccnc1)CCCC2)c1ccc([N+](=O)[O-])cc1. The molecule has 1 aliphatic rings. The third-order valence-corrected chi connectivity index (χ3v) is 6.35. The van der Waals surface area contributed by atoms with E-state index in [1.165, 1.54) is 35.6 Å². The van der Waals surface area contributed by atoms with Gasteiger partial charge < -0.3 is 10.6 Å². The van der Waals surface area contributed by atoms with E-state index in [0.717, 1.165) is 41.7 Å². The Morgan fingerprint density at radius 1 is 1.10 bits per heavy atom. The highest BCUT2D eigenvalue weighted by atomic mass is 32.1. The van der Waals surface area contributed by atoms with Crippen molar-refractivity contribution in [3.63, 3.8) is 0 Å². The van der Waals surface area contributed by atoms with E-state index >= 15 is 0 Å². The summed E-state index contributed by atoms with van der Waals surface area (Å²) < 4.78 is 0. The Balaban J connectivity index is 1.57. The zero-order valence-corrected chi connectivity index (χ0v) is 17.4. The van der Waals surface area contributed by atoms with Gasteiger partial charge >= 0.3 is 0 Å². The first-order chi connectivity index (χ1) is 15.0. The maximum Gasteiger partial charge on any atom is 0.269 e. The zero-order valence-electron chi connectivity index (χ0n) is 16.6. The number of nitrogens with one attached hydrogen (secondary N) is 2. The second-order valence-electron chi connectivity index (χ2n) is 7.22. The fourth-order valence-electron chi connectivity index (χ4n) is 3.58. The fourth-order valence-corrected chi connectivity index (χ4v) is 4.86. The minimum Gasteiger partial charge on any atom is -0.348 e. The Morgan fingerprint density at radius 2 is 1.87 bits per heavy atom. The Kier molecular flexibility index (Phi) is 6.03. The van der Waals surface area contributed by atoms with E-state index in [4.69, 9.17) is 0 Å². The molecule has 1 aromatic carbocycles. The van der Waals surface area contributed by atoms with E-state index in [1.807, 2.05) is 12.1 Å². The fraction of sp³-hybridized carbons (Fsp3) is 0.227. The largest absolute Gasteiger partial charge is 0.348 e. The Labute approximate surface area is 182 Å². The van der Waals surface area contributed by atoms with Crippen molar-refractivity contribution < 1.29 is 14.5 Å². The van der Waals surface area contributed by atoms with Crippen molar-refractivity contribution in [3.8, 4) is 0 Å². The summed E-state index contributed by atoms with van der Waals surface area (Å²) in [5.74, 6) is -0.642. The van der Waals surface area contributed by atoms with Gasteiger partial charge in [-0.15, -0.1) is 11.3 Å². The lowest BCUT2D eigenvalue weighted by atomic mass is 9.95. The molecule has 0 unspecified atom stereocenters. The third kappa shape index (κ3) is 4.61. The number of anilines is 1. The van der Waals surface area contributed by atoms with Gasteiger partial charge in [-0.1, -0.05) is 6.07 Å². The summed E-state index contributed by atoms with van der Waals surface area (Å²) >= 11 is 1.43. The molecule has 9 heteroatoms. The first-order valence-electron chi connectivity index (χ1n) is 9.90. The number of nitro groups is 1. The standard InChI is InChI=1S/C22H20N4O4S/c27-20(15-7-9-16(10-8-15)26(29)30)25-22-19(17-5-1-2-6-18(17)31-22)21(28)24-13-14-4-3-11-23-12-14/h3-4,7-12H,1-2,5-6,13H2,(H,24,28)(H,25,27). The molecule has 0 aliphatic heterocycles. The number of aryl methyl sites for hydroxylation is 1. The molecular formula is C22H20N4O4S. The minimum absolute atomic E-state index is 0.0846. The number of fused-ring (bicyclic) bond motifs is 1. The van der Waals surface area contributed by atoms with E-state index in [9.17, 15) is 19.7 Å². The van der Waals surface area contributed by atoms with Gasteiger partial charge in [-0.3, -0.25) is 24.7 Å². The van der Waals surface area contributed by atoms with Gasteiger partial charge in [0, 0.05) is 41.5 Å². The number of non-ortho nitro benzene ring substituents is 1. The van der Waals surface area contributed by atoms with Gasteiger partial charge in [-0.25, -0.2) is 0 Å². The maximum absolute atomic E-state index is 13.1. The van der Waals surface area contributed by atoms with E-state index in [-0.39, 0.29) is 11.6 Å². The van der Waals surface area contributed by atoms with Gasteiger partial charge in [0.15, 0.2) is 0 Å². The predicted octanol–water partition coefficient (Wildman–Crippen LogP) is 4.11. The monoisotopic (exact) mass is 436 g/mol. The average molecular weight is 436 g/mol. The number of amides is 2. The van der Waals surface area contributed by atoms with Crippen LogP contribution in [0.5, 0.6) is 0 Å². The highest BCUT2D eigenvalue weighted by Gasteiger charge is 2.26. The van der Waals surface area contributed by atoms with Crippen LogP contribution < -0.4 is 10.6 Å². The molecule has 0 saturated carbocycles. The molecule has 0 radical (unpaired) electrons. The number of hydrogen-bond donors (Lipinski definition) is 2. The number of pyridine rings is 1. The molecule has 4 rings (SSSR count). The normalized spacial score (nSPS) is 12.6. The highest BCUT2D eigenvalue weighted by molar-refractivity contribution is 7.17. The van der Waals surface area contributed by atoms with Crippen molar-refractivity contribution in [3.05, 3.63) is 86.0 Å². The van der Waals surface area contributed by atoms with Crippen molar-refractivity contribution in [2.45, 2.75) is 32.2 Å². The topological polar surface area (TPSA) is 114 Å². The van der Waals surface area contributed by atoms with Crippen LogP contribution in [0.25, 0.3) is 0 Å². The maximum atomic E-state index is 13.1. The second-order valence-corrected chi connectivity index (χ2v) is 8.32. The molecule has 1 aliphatic carbocycles. The molecule has 2 aromatic heterocycles. The summed E-state index contributed by atoms with van der Waals surface area (Å²) in [4.78, 5) is 41.3. The summed E-state index contributed by atoms with van der Waals surface area (Å²) in [6, 6.07) is 9.08. The molecule has 0 saturated heterocycles. The van der Waals surface area contributed by atoms with Crippen LogP contribution in [-0.2, 0) is 19.4 Å². The quantitative estimate of drug-likeness (QED) is 0.446. The summed E-state index contributed by atoms with van der Waals surface area (Å²) in [7, 11) is 0. The Morgan fingerprint density at radius 3 is 2.58 bits per heavy atom. The molecule has 3 aromatic rings. The second kappa shape index (κ2) is 9.05. The number of carbonyl (C=O) groups is 2. The van der Waals surface area contributed by atoms with Crippen LogP contribution in [0.15, 0.2) is 48.8 Å². The number of benzene rings is 1. The van der Waals surface area contributed by atoms with Crippen molar-refractivity contribution in [1.82, 2.24) is 10.3 Å². The van der Waals surface area contributed by atoms with E-state index < -0.39 is 10.8 Å². The summed E-state index contributed by atoms with van der Waals surface area (Å²) in [6.07, 6.45) is 7.11. The molecule has 0 atom stereocenters. The summed E-state index contributed by atoms with van der Waals surface area (Å²) in [5, 5.41) is 17.1. The smallest absolute Gasteiger partial charge is 0.269 e. The Hall–Kier alpha value is -3.59. The van der Waals surface area contributed by atoms with Crippen LogP contribution in [0.3, 0.4) is 0 Å². The number of carbonyl (C=O) groups excluding carboxylic acids is 2. The van der Waals surface area contributed by atoms with E-state index in [1.54, 1.807) is 12.4 Å². The zero-order chi connectivity index (χ0) is 21.8. The molecule has 0 fully saturated rings. The van der Waals surface area contributed by atoms with Crippen LogP contribution in [0.1, 0.15) is 49.6 Å². The van der Waals surface area contributed by atoms with Gasteiger partial charge in [0.05, 0.1) is 10.5 Å². The van der Waals surface area contributed by atoms with Crippen LogP contribution >= 0.6 is 11.3 Å². The van der Waals surface area contributed by atoms with Crippen LogP contribution in [0.2, 0.25) is 0 Å². The molecule has 2 heterocycles. The van der Waals surface area contributed by atoms with Crippen molar-refractivity contribution in [2.75, 3.05) is 5.32 Å². The molecule has 158 valence electrons. The van der Waals surface area contributed by atoms with E-state index in [0.29, 0.717) is 22.7 Å². The summed E-state index contributed by atoms with van der Waals surface area (Å²) in [6.45, 7) is 0.340. The van der Waals surface area contributed by atoms with Gasteiger partial charge in [0.1, 0.15) is 5.00 Å². The average Bonchev–Trinajstić information content (AvgIpc) is 3.16. The van der Waals surface area contributed by atoms with E-state index in [2.05, 4.69) is 15.6 Å². The van der Waals surface area contributed by atoms with Crippen molar-refractivity contribution in [1.29, 1.82) is 0 Å². The number of nitrogens with zero attached hydrogens (tertiary/aromatic N) is 2. The van der Waals surface area contributed by atoms with Crippen molar-refractivity contribution in [2.24, 2.45) is 0 Å². The predicted molar refractivity (Wildman–Crippen MR) is 117 cm³/mol. The van der Waals surface area contributed by atoms with Crippen LogP contribution in [0, 0.1) is 10.1 Å². The molecular weight excluding hydrogens is 416 g/mol. The number of aromatic nitrogens is 1. The number of thiophene rings is 1. The Bertz CT molecular complexity index is 1130. The lowest BCUT2D eigenvalue weighted by molar-refractivity contribution is -0.384. The minimum atomic E-state index is -0.514. The van der Waals surface area contributed by atoms with Gasteiger partial charge in [-0.2, -0.15) is 0 Å². The number of hydrogen-bond acceptors (Lipinski definition) is 6.